The lowest BCUT2D eigenvalue weighted by atomic mass is 9.57. The summed E-state index contributed by atoms with van der Waals surface area (Å²) >= 11 is 0. The van der Waals surface area contributed by atoms with E-state index in [9.17, 15) is 19.8 Å². The molecular weight excluding hydrogens is 416 g/mol. The highest BCUT2D eigenvalue weighted by molar-refractivity contribution is 6.06. The van der Waals surface area contributed by atoms with Crippen LogP contribution >= 0.6 is 0 Å². The minimum absolute atomic E-state index is 0.0656. The average molecular weight is 457 g/mol. The zero-order valence-electron chi connectivity index (χ0n) is 20.9. The Kier molecular flexibility index (Phi) is 6.06. The summed E-state index contributed by atoms with van der Waals surface area (Å²) in [5.74, 6) is 1.15. The number of Topliss-reactive ketones (excluding diaryl/α,β-unsaturated/α-hetero) is 1. The Hall–Kier alpha value is -1.72. The molecule has 1 heterocycles. The van der Waals surface area contributed by atoms with Gasteiger partial charge in [0.25, 0.3) is 0 Å². The maximum absolute atomic E-state index is 14.0. The third kappa shape index (κ3) is 3.58. The number of hydrogen-bond donors (Lipinski definition) is 2. The monoisotopic (exact) mass is 456 g/mol. The molecule has 4 aliphatic rings. The van der Waals surface area contributed by atoms with Crippen molar-refractivity contribution in [2.75, 3.05) is 0 Å². The van der Waals surface area contributed by atoms with Crippen LogP contribution < -0.4 is 0 Å². The van der Waals surface area contributed by atoms with Gasteiger partial charge in [0.1, 0.15) is 5.60 Å². The van der Waals surface area contributed by atoms with E-state index in [0.717, 1.165) is 6.42 Å². The molecule has 1 saturated heterocycles. The van der Waals surface area contributed by atoms with E-state index in [2.05, 4.69) is 46.8 Å². The molecule has 0 aromatic rings. The standard InChI is InChI=1S/C28H40O5/c1-16(2)17(3)7-8-18(4)20-10-12-28(27(20,6)15-24(31)33-28)22-14-23(30)21-13-19(29)9-11-26(21,5)25(22)32/h7-8,13-14,16-20,23,29-30H,9-12,15H2,1-6H3/b8-7+/t17-,18+,19-,20+,23-,26-,27+,28+/m0/s1. The summed E-state index contributed by atoms with van der Waals surface area (Å²) in [6.07, 6.45) is 8.89. The summed E-state index contributed by atoms with van der Waals surface area (Å²) in [6, 6.07) is 0. The van der Waals surface area contributed by atoms with Gasteiger partial charge >= 0.3 is 5.97 Å². The first-order valence-corrected chi connectivity index (χ1v) is 12.6. The quantitative estimate of drug-likeness (QED) is 0.469. The summed E-state index contributed by atoms with van der Waals surface area (Å²) in [5.41, 5.74) is -1.34. The molecule has 33 heavy (non-hydrogen) atoms. The van der Waals surface area contributed by atoms with Crippen molar-refractivity contribution in [3.63, 3.8) is 0 Å². The van der Waals surface area contributed by atoms with Crippen LogP contribution in [0.3, 0.4) is 0 Å². The van der Waals surface area contributed by atoms with Crippen LogP contribution in [0.25, 0.3) is 0 Å². The maximum atomic E-state index is 14.0. The van der Waals surface area contributed by atoms with Crippen LogP contribution in [0, 0.1) is 34.5 Å². The third-order valence-electron chi connectivity index (χ3n) is 9.53. The highest BCUT2D eigenvalue weighted by Gasteiger charge is 2.69. The van der Waals surface area contributed by atoms with Gasteiger partial charge < -0.3 is 14.9 Å². The second kappa shape index (κ2) is 8.20. The van der Waals surface area contributed by atoms with Gasteiger partial charge in [-0.15, -0.1) is 0 Å². The lowest BCUT2D eigenvalue weighted by Crippen LogP contribution is -2.53. The van der Waals surface area contributed by atoms with Gasteiger partial charge in [0, 0.05) is 11.0 Å². The van der Waals surface area contributed by atoms with E-state index in [0.29, 0.717) is 42.2 Å². The van der Waals surface area contributed by atoms with E-state index < -0.39 is 28.6 Å². The van der Waals surface area contributed by atoms with Gasteiger partial charge in [-0.1, -0.05) is 52.8 Å². The van der Waals surface area contributed by atoms with Crippen molar-refractivity contribution in [1.82, 2.24) is 0 Å². The SMILES string of the molecule is CC(C)[C@@H](C)/C=C/[C@@H](C)[C@H]1CC[C@]2(C3=C[C@H](O)C4=C[C@@H](O)CC[C@]4(C)C3=O)OC(=O)C[C@]12C. The van der Waals surface area contributed by atoms with Crippen molar-refractivity contribution in [1.29, 1.82) is 0 Å². The molecule has 5 nitrogen and oxygen atoms in total. The predicted molar refractivity (Wildman–Crippen MR) is 127 cm³/mol. The Morgan fingerprint density at radius 2 is 1.73 bits per heavy atom. The van der Waals surface area contributed by atoms with Gasteiger partial charge in [0.05, 0.1) is 24.0 Å². The van der Waals surface area contributed by atoms with Crippen LogP contribution in [0.15, 0.2) is 35.5 Å². The second-order valence-electron chi connectivity index (χ2n) is 11.8. The third-order valence-corrected chi connectivity index (χ3v) is 9.53. The van der Waals surface area contributed by atoms with E-state index >= 15 is 0 Å². The summed E-state index contributed by atoms with van der Waals surface area (Å²) < 4.78 is 6.09. The van der Waals surface area contributed by atoms with Crippen molar-refractivity contribution in [3.05, 3.63) is 35.5 Å². The maximum Gasteiger partial charge on any atom is 0.307 e. The molecule has 1 aliphatic heterocycles. The Balaban J connectivity index is 1.73. The molecule has 0 amide bonds. The van der Waals surface area contributed by atoms with Gasteiger partial charge in [-0.3, -0.25) is 9.59 Å². The molecule has 2 N–H and O–H groups in total. The number of esters is 1. The van der Waals surface area contributed by atoms with Crippen molar-refractivity contribution >= 4 is 11.8 Å². The molecule has 0 bridgehead atoms. The lowest BCUT2D eigenvalue weighted by molar-refractivity contribution is -0.149. The molecule has 4 rings (SSSR count). The molecule has 2 fully saturated rings. The van der Waals surface area contributed by atoms with Crippen molar-refractivity contribution < 1.29 is 24.5 Å². The molecule has 0 aromatic heterocycles. The summed E-state index contributed by atoms with van der Waals surface area (Å²) in [5, 5.41) is 21.1. The minimum Gasteiger partial charge on any atom is -0.453 e. The Bertz CT molecular complexity index is 929. The molecule has 8 atom stereocenters. The van der Waals surface area contributed by atoms with Gasteiger partial charge in [-0.05, 0) is 67.9 Å². The molecule has 1 saturated carbocycles. The molecule has 0 aromatic carbocycles. The summed E-state index contributed by atoms with van der Waals surface area (Å²) in [4.78, 5) is 26.7. The molecule has 0 spiro atoms. The Morgan fingerprint density at radius 1 is 1.03 bits per heavy atom. The van der Waals surface area contributed by atoms with E-state index in [4.69, 9.17) is 4.74 Å². The van der Waals surface area contributed by atoms with E-state index in [1.54, 1.807) is 12.2 Å². The van der Waals surface area contributed by atoms with Gasteiger partial charge in [0.15, 0.2) is 5.78 Å². The fourth-order valence-corrected chi connectivity index (χ4v) is 6.94. The predicted octanol–water partition coefficient (Wildman–Crippen LogP) is 4.53. The normalized spacial score (nSPS) is 42.6. The molecule has 5 heteroatoms. The Labute approximate surface area is 198 Å². The topological polar surface area (TPSA) is 83.8 Å². The molecule has 0 radical (unpaired) electrons. The first-order chi connectivity index (χ1) is 15.4. The summed E-state index contributed by atoms with van der Waals surface area (Å²) in [7, 11) is 0. The van der Waals surface area contributed by atoms with Crippen LogP contribution in [-0.2, 0) is 14.3 Å². The number of aliphatic hydroxyl groups is 2. The largest absolute Gasteiger partial charge is 0.453 e. The molecule has 0 unspecified atom stereocenters. The van der Waals surface area contributed by atoms with Crippen LogP contribution in [0.5, 0.6) is 0 Å². The average Bonchev–Trinajstić information content (AvgIpc) is 3.16. The van der Waals surface area contributed by atoms with E-state index in [1.165, 1.54) is 0 Å². The van der Waals surface area contributed by atoms with Crippen LogP contribution in [0.1, 0.15) is 73.6 Å². The lowest BCUT2D eigenvalue weighted by Gasteiger charge is -2.47. The summed E-state index contributed by atoms with van der Waals surface area (Å²) in [6.45, 7) is 12.8. The fourth-order valence-electron chi connectivity index (χ4n) is 6.94. The number of ether oxygens (including phenoxy) is 1. The van der Waals surface area contributed by atoms with Crippen molar-refractivity contribution in [2.24, 2.45) is 34.5 Å². The highest BCUT2D eigenvalue weighted by atomic mass is 16.6. The van der Waals surface area contributed by atoms with Crippen molar-refractivity contribution in [2.45, 2.75) is 91.5 Å². The number of allylic oxidation sites excluding steroid dienone is 2. The first kappa shape index (κ1) is 24.4. The number of rotatable bonds is 5. The first-order valence-electron chi connectivity index (χ1n) is 12.6. The number of ketones is 1. The van der Waals surface area contributed by atoms with Crippen LogP contribution in [0.2, 0.25) is 0 Å². The number of hydrogen-bond acceptors (Lipinski definition) is 5. The minimum atomic E-state index is -0.997. The van der Waals surface area contributed by atoms with Crippen LogP contribution in [0.4, 0.5) is 0 Å². The second-order valence-corrected chi connectivity index (χ2v) is 11.8. The number of aliphatic hydroxyl groups excluding tert-OH is 2. The number of fused-ring (bicyclic) bond motifs is 2. The number of carbonyl (C=O) groups is 2. The van der Waals surface area contributed by atoms with Gasteiger partial charge in [0.2, 0.25) is 0 Å². The van der Waals surface area contributed by atoms with Gasteiger partial charge in [-0.25, -0.2) is 0 Å². The van der Waals surface area contributed by atoms with E-state index in [-0.39, 0.29) is 30.0 Å². The van der Waals surface area contributed by atoms with E-state index in [1.807, 2.05) is 6.92 Å². The number of carbonyl (C=O) groups excluding carboxylic acids is 2. The zero-order chi connectivity index (χ0) is 24.3. The van der Waals surface area contributed by atoms with Crippen LogP contribution in [-0.4, -0.2) is 39.8 Å². The Morgan fingerprint density at radius 3 is 2.39 bits per heavy atom. The fraction of sp³-hybridized carbons (Fsp3) is 0.714. The molecule has 182 valence electrons. The van der Waals surface area contributed by atoms with Gasteiger partial charge in [-0.2, -0.15) is 0 Å². The zero-order valence-corrected chi connectivity index (χ0v) is 20.9. The highest BCUT2D eigenvalue weighted by Crippen LogP contribution is 2.65. The molecule has 3 aliphatic carbocycles. The molecular formula is C28H40O5. The smallest absolute Gasteiger partial charge is 0.307 e. The van der Waals surface area contributed by atoms with Crippen molar-refractivity contribution in [3.8, 4) is 0 Å².